The number of aromatic nitrogens is 2. The molecule has 29 heavy (non-hydrogen) atoms. The van der Waals surface area contributed by atoms with E-state index in [1.54, 1.807) is 10.6 Å². The number of rotatable bonds is 6. The number of aryl methyl sites for hydroxylation is 1. The summed E-state index contributed by atoms with van der Waals surface area (Å²) in [5.74, 6) is -0.253. The number of carbonyl (C=O) groups is 1. The standard InChI is InChI=1S/C22H24N2O3S2/c1-6-12-24-20(26)17-14(2)18(15-10-8-7-9-11-15)29-19(17)23-21(24)28-13-16(25)27-22(3,4)5/h6-11H,1,12-13H2,2-5H3. The van der Waals surface area contributed by atoms with Crippen LogP contribution in [0.1, 0.15) is 26.3 Å². The van der Waals surface area contributed by atoms with Gasteiger partial charge in [0.1, 0.15) is 10.4 Å². The summed E-state index contributed by atoms with van der Waals surface area (Å²) in [6, 6.07) is 9.97. The first-order chi connectivity index (χ1) is 13.7. The van der Waals surface area contributed by atoms with Crippen LogP contribution in [0.15, 0.2) is 52.9 Å². The predicted octanol–water partition coefficient (Wildman–Crippen LogP) is 5.05. The van der Waals surface area contributed by atoms with E-state index in [4.69, 9.17) is 9.72 Å². The van der Waals surface area contributed by atoms with Gasteiger partial charge in [-0.2, -0.15) is 0 Å². The molecular weight excluding hydrogens is 404 g/mol. The Morgan fingerprint density at radius 3 is 2.62 bits per heavy atom. The van der Waals surface area contributed by atoms with Gasteiger partial charge >= 0.3 is 5.97 Å². The van der Waals surface area contributed by atoms with Crippen molar-refractivity contribution in [2.24, 2.45) is 0 Å². The molecule has 1 aromatic carbocycles. The smallest absolute Gasteiger partial charge is 0.316 e. The van der Waals surface area contributed by atoms with E-state index in [0.717, 1.165) is 16.0 Å². The van der Waals surface area contributed by atoms with Gasteiger partial charge in [0.2, 0.25) is 0 Å². The van der Waals surface area contributed by atoms with Gasteiger partial charge in [-0.3, -0.25) is 14.2 Å². The summed E-state index contributed by atoms with van der Waals surface area (Å²) in [7, 11) is 0. The third kappa shape index (κ3) is 4.79. The Bertz CT molecular complexity index is 1110. The Morgan fingerprint density at radius 1 is 1.31 bits per heavy atom. The maximum atomic E-state index is 13.2. The van der Waals surface area contributed by atoms with Crippen LogP contribution in [-0.4, -0.2) is 26.9 Å². The molecule has 0 N–H and O–H groups in total. The summed E-state index contributed by atoms with van der Waals surface area (Å²) in [5, 5.41) is 1.12. The highest BCUT2D eigenvalue weighted by molar-refractivity contribution is 7.99. The molecule has 152 valence electrons. The monoisotopic (exact) mass is 428 g/mol. The summed E-state index contributed by atoms with van der Waals surface area (Å²) in [6.07, 6.45) is 1.66. The largest absolute Gasteiger partial charge is 0.459 e. The molecule has 0 aliphatic rings. The van der Waals surface area contributed by atoms with Crippen LogP contribution >= 0.6 is 23.1 Å². The second-order valence-electron chi connectivity index (χ2n) is 7.58. The van der Waals surface area contributed by atoms with E-state index < -0.39 is 5.60 Å². The van der Waals surface area contributed by atoms with E-state index in [2.05, 4.69) is 6.58 Å². The average Bonchev–Trinajstić information content (AvgIpc) is 2.98. The van der Waals surface area contributed by atoms with Crippen molar-refractivity contribution in [3.63, 3.8) is 0 Å². The predicted molar refractivity (Wildman–Crippen MR) is 121 cm³/mol. The summed E-state index contributed by atoms with van der Waals surface area (Å²) < 4.78 is 6.93. The molecule has 0 atom stereocenters. The number of allylic oxidation sites excluding steroid dienone is 1. The van der Waals surface area contributed by atoms with Crippen molar-refractivity contribution in [1.29, 1.82) is 0 Å². The highest BCUT2D eigenvalue weighted by atomic mass is 32.2. The van der Waals surface area contributed by atoms with E-state index in [1.807, 2.05) is 58.0 Å². The number of thiophene rings is 1. The summed E-state index contributed by atoms with van der Waals surface area (Å²) in [6.45, 7) is 11.5. The molecule has 0 saturated heterocycles. The lowest BCUT2D eigenvalue weighted by Gasteiger charge is -2.19. The summed E-state index contributed by atoms with van der Waals surface area (Å²) in [4.78, 5) is 31.8. The maximum Gasteiger partial charge on any atom is 0.316 e. The zero-order valence-electron chi connectivity index (χ0n) is 17.0. The lowest BCUT2D eigenvalue weighted by molar-refractivity contribution is -0.151. The number of carbonyl (C=O) groups excluding carboxylic acids is 1. The summed E-state index contributed by atoms with van der Waals surface area (Å²) in [5.41, 5.74) is 1.32. The van der Waals surface area contributed by atoms with Crippen molar-refractivity contribution in [3.8, 4) is 10.4 Å². The van der Waals surface area contributed by atoms with Gasteiger partial charge < -0.3 is 4.74 Å². The van der Waals surface area contributed by atoms with Gasteiger partial charge in [-0.25, -0.2) is 4.98 Å². The Kier molecular flexibility index (Phi) is 6.29. The number of nitrogens with zero attached hydrogens (tertiary/aromatic N) is 2. The Hall–Kier alpha value is -2.38. The molecule has 0 bridgehead atoms. The lowest BCUT2D eigenvalue weighted by atomic mass is 10.1. The fraction of sp³-hybridized carbons (Fsp3) is 0.318. The van der Waals surface area contributed by atoms with Crippen LogP contribution in [0.3, 0.4) is 0 Å². The van der Waals surface area contributed by atoms with Crippen molar-refractivity contribution in [3.05, 3.63) is 58.9 Å². The second-order valence-corrected chi connectivity index (χ2v) is 9.52. The minimum atomic E-state index is -0.550. The van der Waals surface area contributed by atoms with Crippen LogP contribution in [0.2, 0.25) is 0 Å². The molecule has 2 heterocycles. The highest BCUT2D eigenvalue weighted by Crippen LogP contribution is 2.36. The van der Waals surface area contributed by atoms with E-state index in [9.17, 15) is 9.59 Å². The van der Waals surface area contributed by atoms with Crippen molar-refractivity contribution >= 4 is 39.3 Å². The first-order valence-electron chi connectivity index (χ1n) is 9.26. The third-order valence-corrected chi connectivity index (χ3v) is 6.29. The molecule has 0 aliphatic carbocycles. The highest BCUT2D eigenvalue weighted by Gasteiger charge is 2.21. The van der Waals surface area contributed by atoms with Crippen molar-refractivity contribution in [2.45, 2.75) is 45.0 Å². The van der Waals surface area contributed by atoms with Crippen molar-refractivity contribution in [2.75, 3.05) is 5.75 Å². The molecule has 0 radical (unpaired) electrons. The van der Waals surface area contributed by atoms with Gasteiger partial charge in [-0.15, -0.1) is 17.9 Å². The van der Waals surface area contributed by atoms with Crippen LogP contribution < -0.4 is 5.56 Å². The minimum Gasteiger partial charge on any atom is -0.459 e. The van der Waals surface area contributed by atoms with Crippen molar-refractivity contribution < 1.29 is 9.53 Å². The molecule has 2 aromatic heterocycles. The fourth-order valence-electron chi connectivity index (χ4n) is 2.96. The second kappa shape index (κ2) is 8.55. The number of ether oxygens (including phenoxy) is 1. The van der Waals surface area contributed by atoms with Crippen LogP contribution in [0.4, 0.5) is 0 Å². The quantitative estimate of drug-likeness (QED) is 0.238. The molecule has 5 nitrogen and oxygen atoms in total. The topological polar surface area (TPSA) is 61.2 Å². The van der Waals surface area contributed by atoms with Gasteiger partial charge in [-0.1, -0.05) is 48.2 Å². The number of fused-ring (bicyclic) bond motifs is 1. The Labute approximate surface area is 178 Å². The van der Waals surface area contributed by atoms with E-state index >= 15 is 0 Å². The van der Waals surface area contributed by atoms with E-state index in [1.165, 1.54) is 23.1 Å². The van der Waals surface area contributed by atoms with Crippen LogP contribution in [0.5, 0.6) is 0 Å². The van der Waals surface area contributed by atoms with Crippen LogP contribution in [0.25, 0.3) is 20.7 Å². The first kappa shape index (κ1) is 21.3. The number of benzene rings is 1. The molecule has 0 aliphatic heterocycles. The Morgan fingerprint density at radius 2 is 2.00 bits per heavy atom. The molecule has 3 rings (SSSR count). The van der Waals surface area contributed by atoms with Crippen molar-refractivity contribution in [1.82, 2.24) is 9.55 Å². The van der Waals surface area contributed by atoms with Gasteiger partial charge in [0.25, 0.3) is 5.56 Å². The molecule has 3 aromatic rings. The van der Waals surface area contributed by atoms with E-state index in [-0.39, 0.29) is 17.3 Å². The van der Waals surface area contributed by atoms with Crippen LogP contribution in [-0.2, 0) is 16.1 Å². The zero-order chi connectivity index (χ0) is 21.2. The molecule has 0 saturated carbocycles. The fourth-order valence-corrected chi connectivity index (χ4v) is 4.97. The minimum absolute atomic E-state index is 0.0856. The number of hydrogen-bond acceptors (Lipinski definition) is 6. The van der Waals surface area contributed by atoms with Gasteiger partial charge in [0.15, 0.2) is 5.16 Å². The van der Waals surface area contributed by atoms with Gasteiger partial charge in [0.05, 0.1) is 11.1 Å². The normalized spacial score (nSPS) is 11.6. The first-order valence-corrected chi connectivity index (χ1v) is 11.1. The number of thioether (sulfide) groups is 1. The van der Waals surface area contributed by atoms with E-state index in [0.29, 0.717) is 21.9 Å². The number of esters is 1. The SMILES string of the molecule is C=CCn1c(SCC(=O)OC(C)(C)C)nc2sc(-c3ccccc3)c(C)c2c1=O. The van der Waals surface area contributed by atoms with Crippen LogP contribution in [0, 0.1) is 6.92 Å². The molecule has 0 spiro atoms. The molecule has 0 fully saturated rings. The molecule has 7 heteroatoms. The summed E-state index contributed by atoms with van der Waals surface area (Å²) >= 11 is 2.71. The van der Waals surface area contributed by atoms with Gasteiger partial charge in [-0.05, 0) is 38.8 Å². The lowest BCUT2D eigenvalue weighted by Crippen LogP contribution is -2.26. The average molecular weight is 429 g/mol. The third-order valence-electron chi connectivity index (χ3n) is 4.10. The zero-order valence-corrected chi connectivity index (χ0v) is 18.7. The van der Waals surface area contributed by atoms with Gasteiger partial charge in [0, 0.05) is 11.4 Å². The number of hydrogen-bond donors (Lipinski definition) is 0. The molecule has 0 amide bonds. The molecule has 0 unspecified atom stereocenters. The maximum absolute atomic E-state index is 13.2. The molecular formula is C22H24N2O3S2. The Balaban J connectivity index is 2.04.